The molecule has 0 aliphatic rings. The first-order chi connectivity index (χ1) is 29.1. The summed E-state index contributed by atoms with van der Waals surface area (Å²) in [5.41, 5.74) is 0. The molecule has 0 heterocycles. The smallest absolute Gasteiger partial charge is 0.306 e. The van der Waals surface area contributed by atoms with Crippen LogP contribution in [0.1, 0.15) is 292 Å². The number of rotatable bonds is 47. The van der Waals surface area contributed by atoms with Gasteiger partial charge in [-0.1, -0.05) is 253 Å². The van der Waals surface area contributed by atoms with Crippen molar-refractivity contribution in [2.24, 2.45) is 17.8 Å². The van der Waals surface area contributed by atoms with Gasteiger partial charge in [-0.05, 0) is 37.0 Å². The summed E-state index contributed by atoms with van der Waals surface area (Å²) in [6.07, 6.45) is 45.2. The van der Waals surface area contributed by atoms with E-state index in [-0.39, 0.29) is 31.1 Å². The number of ether oxygens (including phenoxy) is 3. The average molecular weight is 849 g/mol. The first-order valence-corrected chi connectivity index (χ1v) is 26.6. The summed E-state index contributed by atoms with van der Waals surface area (Å²) in [6, 6.07) is 0. The van der Waals surface area contributed by atoms with Crippen molar-refractivity contribution in [1.29, 1.82) is 0 Å². The summed E-state index contributed by atoms with van der Waals surface area (Å²) >= 11 is 0. The van der Waals surface area contributed by atoms with Gasteiger partial charge in [-0.2, -0.15) is 0 Å². The fourth-order valence-electron chi connectivity index (χ4n) is 8.08. The van der Waals surface area contributed by atoms with Gasteiger partial charge in [-0.3, -0.25) is 14.4 Å². The second kappa shape index (κ2) is 45.4. The Bertz CT molecular complexity index is 931. The van der Waals surface area contributed by atoms with Crippen LogP contribution in [-0.4, -0.2) is 37.2 Å². The molecule has 0 aliphatic heterocycles. The molecule has 0 rings (SSSR count). The van der Waals surface area contributed by atoms with E-state index in [9.17, 15) is 14.4 Å². The Hall–Kier alpha value is -1.59. The molecule has 0 aromatic carbocycles. The zero-order chi connectivity index (χ0) is 44.2. The van der Waals surface area contributed by atoms with Gasteiger partial charge in [-0.25, -0.2) is 0 Å². The van der Waals surface area contributed by atoms with Gasteiger partial charge in [0.15, 0.2) is 6.10 Å². The van der Waals surface area contributed by atoms with Crippen molar-refractivity contribution in [2.45, 2.75) is 298 Å². The third-order valence-corrected chi connectivity index (χ3v) is 12.5. The first kappa shape index (κ1) is 58.4. The molecule has 0 bridgehead atoms. The maximum Gasteiger partial charge on any atom is 0.306 e. The summed E-state index contributed by atoms with van der Waals surface area (Å²) in [6.45, 7) is 13.7. The Morgan fingerprint density at radius 1 is 0.333 bits per heavy atom. The molecule has 2 atom stereocenters. The minimum atomic E-state index is -0.763. The molecule has 0 aliphatic carbocycles. The van der Waals surface area contributed by atoms with Crippen molar-refractivity contribution >= 4 is 17.9 Å². The fraction of sp³-hybridized carbons (Fsp3) is 0.944. The van der Waals surface area contributed by atoms with Gasteiger partial charge in [-0.15, -0.1) is 0 Å². The van der Waals surface area contributed by atoms with Crippen LogP contribution in [0.5, 0.6) is 0 Å². The number of hydrogen-bond acceptors (Lipinski definition) is 6. The highest BCUT2D eigenvalue weighted by atomic mass is 16.6. The van der Waals surface area contributed by atoms with E-state index in [4.69, 9.17) is 14.2 Å². The molecule has 1 unspecified atom stereocenters. The number of carbonyl (C=O) groups excluding carboxylic acids is 3. The second-order valence-corrected chi connectivity index (χ2v) is 19.7. The SMILES string of the molecule is CCC(C)CCCCCCCCCCCCC(=O)OC[C@@H](COC(=O)CCCCCCCCCCCCCCCCC(C)C)OC(=O)CCCCCCCCCCC(C)C. The van der Waals surface area contributed by atoms with Gasteiger partial charge >= 0.3 is 17.9 Å². The number of esters is 3. The highest BCUT2D eigenvalue weighted by molar-refractivity contribution is 5.71. The number of unbranched alkanes of at least 4 members (excludes halogenated alkanes) is 29. The van der Waals surface area contributed by atoms with E-state index in [0.29, 0.717) is 19.3 Å². The standard InChI is InChI=1S/C54H104O6/c1-7-50(6)42-36-30-24-17-14-15-19-26-32-38-44-53(56)59-47-51(60-54(57)45-39-33-27-21-20-23-29-35-41-49(4)5)46-58-52(55)43-37-31-25-18-13-11-9-8-10-12-16-22-28-34-40-48(2)3/h48-51H,7-47H2,1-6H3/t50?,51-/m1/s1. The Morgan fingerprint density at radius 2 is 0.583 bits per heavy atom. The van der Waals surface area contributed by atoms with E-state index >= 15 is 0 Å². The Kier molecular flexibility index (Phi) is 44.2. The lowest BCUT2D eigenvalue weighted by molar-refractivity contribution is -0.167. The van der Waals surface area contributed by atoms with E-state index in [1.54, 1.807) is 0 Å². The van der Waals surface area contributed by atoms with E-state index < -0.39 is 6.10 Å². The lowest BCUT2D eigenvalue weighted by atomic mass is 9.99. The first-order valence-electron chi connectivity index (χ1n) is 26.6. The second-order valence-electron chi connectivity index (χ2n) is 19.7. The maximum absolute atomic E-state index is 12.8. The highest BCUT2D eigenvalue weighted by Gasteiger charge is 2.19. The number of hydrogen-bond donors (Lipinski definition) is 0. The minimum Gasteiger partial charge on any atom is -0.462 e. The molecule has 356 valence electrons. The van der Waals surface area contributed by atoms with Crippen LogP contribution in [0.3, 0.4) is 0 Å². The Labute approximate surface area is 374 Å². The molecule has 6 heteroatoms. The van der Waals surface area contributed by atoms with Crippen molar-refractivity contribution in [2.75, 3.05) is 13.2 Å². The van der Waals surface area contributed by atoms with Crippen molar-refractivity contribution in [1.82, 2.24) is 0 Å². The summed E-state index contributed by atoms with van der Waals surface area (Å²) in [4.78, 5) is 38.0. The van der Waals surface area contributed by atoms with Gasteiger partial charge in [0.25, 0.3) is 0 Å². The molecule has 0 saturated carbocycles. The molecular weight excluding hydrogens is 745 g/mol. The molecule has 0 radical (unpaired) electrons. The predicted molar refractivity (Wildman–Crippen MR) is 256 cm³/mol. The van der Waals surface area contributed by atoms with E-state index in [1.165, 1.54) is 173 Å². The van der Waals surface area contributed by atoms with Crippen molar-refractivity contribution in [3.8, 4) is 0 Å². The summed E-state index contributed by atoms with van der Waals surface area (Å²) < 4.78 is 16.8. The van der Waals surface area contributed by atoms with Crippen molar-refractivity contribution in [3.63, 3.8) is 0 Å². The molecule has 0 saturated heterocycles. The molecule has 0 N–H and O–H groups in total. The molecule has 0 fully saturated rings. The van der Waals surface area contributed by atoms with Gasteiger partial charge in [0.05, 0.1) is 0 Å². The van der Waals surface area contributed by atoms with Gasteiger partial charge in [0.1, 0.15) is 13.2 Å². The van der Waals surface area contributed by atoms with Crippen LogP contribution in [0, 0.1) is 17.8 Å². The van der Waals surface area contributed by atoms with Gasteiger partial charge in [0, 0.05) is 19.3 Å². The van der Waals surface area contributed by atoms with E-state index in [2.05, 4.69) is 41.5 Å². The third-order valence-electron chi connectivity index (χ3n) is 12.5. The van der Waals surface area contributed by atoms with Crippen molar-refractivity contribution in [3.05, 3.63) is 0 Å². The fourth-order valence-corrected chi connectivity index (χ4v) is 8.08. The topological polar surface area (TPSA) is 78.9 Å². The van der Waals surface area contributed by atoms with Crippen LogP contribution in [-0.2, 0) is 28.6 Å². The van der Waals surface area contributed by atoms with E-state index in [1.807, 2.05) is 0 Å². The summed E-state index contributed by atoms with van der Waals surface area (Å²) in [5.74, 6) is 1.66. The van der Waals surface area contributed by atoms with E-state index in [0.717, 1.165) is 75.5 Å². The lowest BCUT2D eigenvalue weighted by Gasteiger charge is -2.18. The molecule has 60 heavy (non-hydrogen) atoms. The van der Waals surface area contributed by atoms with Crippen LogP contribution in [0.4, 0.5) is 0 Å². The Balaban J connectivity index is 4.29. The molecule has 0 aromatic heterocycles. The maximum atomic E-state index is 12.8. The molecular formula is C54H104O6. The Morgan fingerprint density at radius 3 is 0.867 bits per heavy atom. The predicted octanol–water partition coefficient (Wildman–Crippen LogP) is 17.2. The summed E-state index contributed by atoms with van der Waals surface area (Å²) in [7, 11) is 0. The minimum absolute atomic E-state index is 0.0648. The van der Waals surface area contributed by atoms with Gasteiger partial charge < -0.3 is 14.2 Å². The van der Waals surface area contributed by atoms with Crippen molar-refractivity contribution < 1.29 is 28.6 Å². The number of carbonyl (C=O) groups is 3. The largest absolute Gasteiger partial charge is 0.462 e. The molecule has 0 spiro atoms. The summed E-state index contributed by atoms with van der Waals surface area (Å²) in [5, 5.41) is 0. The quantitative estimate of drug-likeness (QED) is 0.0345. The zero-order valence-corrected chi connectivity index (χ0v) is 41.3. The average Bonchev–Trinajstić information content (AvgIpc) is 3.22. The lowest BCUT2D eigenvalue weighted by Crippen LogP contribution is -2.30. The van der Waals surface area contributed by atoms with Crippen LogP contribution in [0.2, 0.25) is 0 Å². The van der Waals surface area contributed by atoms with Gasteiger partial charge in [0.2, 0.25) is 0 Å². The monoisotopic (exact) mass is 849 g/mol. The van der Waals surface area contributed by atoms with Crippen LogP contribution in [0.15, 0.2) is 0 Å². The molecule has 0 aromatic rings. The third kappa shape index (κ3) is 45.9. The molecule has 0 amide bonds. The molecule has 6 nitrogen and oxygen atoms in total. The van der Waals surface area contributed by atoms with Crippen LogP contribution >= 0.6 is 0 Å². The van der Waals surface area contributed by atoms with Crippen LogP contribution in [0.25, 0.3) is 0 Å². The van der Waals surface area contributed by atoms with Crippen LogP contribution < -0.4 is 0 Å². The normalized spacial score (nSPS) is 12.6. The highest BCUT2D eigenvalue weighted by Crippen LogP contribution is 2.18. The zero-order valence-electron chi connectivity index (χ0n) is 41.3.